The molecule has 0 spiro atoms. The van der Waals surface area contributed by atoms with Crippen LogP contribution < -0.4 is 11.1 Å². The lowest BCUT2D eigenvalue weighted by atomic mass is 10.2. The van der Waals surface area contributed by atoms with Crippen molar-refractivity contribution in [3.63, 3.8) is 0 Å². The Morgan fingerprint density at radius 2 is 2.05 bits per heavy atom. The number of carbonyl (C=O) groups excluding carboxylic acids is 1. The summed E-state index contributed by atoms with van der Waals surface area (Å²) in [6.07, 6.45) is 1.43. The molecule has 2 aromatic rings. The maximum Gasteiger partial charge on any atom is 0.237 e. The summed E-state index contributed by atoms with van der Waals surface area (Å²) in [5.74, 6) is -0.239. The quantitative estimate of drug-likeness (QED) is 0.657. The van der Waals surface area contributed by atoms with Crippen LogP contribution >= 0.6 is 35.0 Å². The highest BCUT2D eigenvalue weighted by molar-refractivity contribution is 8.00. The number of rotatable bonds is 4. The maximum atomic E-state index is 12.2. The average molecular weight is 346 g/mol. The van der Waals surface area contributed by atoms with Crippen molar-refractivity contribution in [1.29, 1.82) is 0 Å². The van der Waals surface area contributed by atoms with Crippen LogP contribution in [0.1, 0.15) is 6.92 Å². The number of nitrogen functional groups attached to an aromatic ring is 1. The monoisotopic (exact) mass is 345 g/mol. The van der Waals surface area contributed by atoms with Gasteiger partial charge < -0.3 is 11.1 Å². The molecule has 1 heterocycles. The molecule has 0 bridgehead atoms. The van der Waals surface area contributed by atoms with Crippen LogP contribution in [-0.2, 0) is 11.8 Å². The van der Waals surface area contributed by atoms with Crippen LogP contribution in [0, 0.1) is 0 Å². The topological polar surface area (TPSA) is 85.8 Å². The van der Waals surface area contributed by atoms with Crippen molar-refractivity contribution in [2.24, 2.45) is 7.05 Å². The molecule has 112 valence electrons. The van der Waals surface area contributed by atoms with E-state index in [1.165, 1.54) is 30.2 Å². The molecule has 3 N–H and O–H groups in total. The molecular formula is C12H13Cl2N5OS. The summed E-state index contributed by atoms with van der Waals surface area (Å²) in [6.45, 7) is 1.76. The van der Waals surface area contributed by atoms with E-state index in [0.717, 1.165) is 0 Å². The number of benzene rings is 1. The van der Waals surface area contributed by atoms with Crippen molar-refractivity contribution in [2.45, 2.75) is 17.3 Å². The molecule has 1 atom stereocenters. The van der Waals surface area contributed by atoms with E-state index in [1.54, 1.807) is 18.7 Å². The normalized spacial score (nSPS) is 12.2. The number of aromatic nitrogens is 3. The first-order valence-corrected chi connectivity index (χ1v) is 7.58. The standard InChI is InChI=1S/C12H13Cl2N5OS/c1-6(21-12-16-5-17-19(12)2)11(20)18-10-8(13)3-7(15)4-9(10)14/h3-6H,15H2,1-2H3,(H,18,20). The van der Waals surface area contributed by atoms with Gasteiger partial charge in [-0.3, -0.25) is 4.79 Å². The van der Waals surface area contributed by atoms with Crippen LogP contribution in [0.3, 0.4) is 0 Å². The number of hydrogen-bond acceptors (Lipinski definition) is 5. The number of amides is 1. The summed E-state index contributed by atoms with van der Waals surface area (Å²) in [7, 11) is 1.76. The van der Waals surface area contributed by atoms with Crippen LogP contribution in [0.25, 0.3) is 0 Å². The van der Waals surface area contributed by atoms with Crippen LogP contribution in [0.4, 0.5) is 11.4 Å². The first-order valence-electron chi connectivity index (χ1n) is 5.94. The molecule has 0 aliphatic heterocycles. The zero-order chi connectivity index (χ0) is 15.6. The molecule has 21 heavy (non-hydrogen) atoms. The molecule has 0 aliphatic rings. The van der Waals surface area contributed by atoms with Gasteiger partial charge in [-0.05, 0) is 19.1 Å². The lowest BCUT2D eigenvalue weighted by molar-refractivity contribution is -0.115. The summed E-state index contributed by atoms with van der Waals surface area (Å²) < 4.78 is 1.59. The van der Waals surface area contributed by atoms with E-state index in [0.29, 0.717) is 26.6 Å². The highest BCUT2D eigenvalue weighted by Crippen LogP contribution is 2.33. The van der Waals surface area contributed by atoms with Gasteiger partial charge in [0.25, 0.3) is 0 Å². The van der Waals surface area contributed by atoms with Gasteiger partial charge in [-0.1, -0.05) is 35.0 Å². The van der Waals surface area contributed by atoms with E-state index in [-0.39, 0.29) is 5.91 Å². The second-order valence-electron chi connectivity index (χ2n) is 4.28. The summed E-state index contributed by atoms with van der Waals surface area (Å²) in [6, 6.07) is 3.06. The van der Waals surface area contributed by atoms with Crippen LogP contribution in [0.15, 0.2) is 23.6 Å². The molecule has 1 aromatic carbocycles. The van der Waals surface area contributed by atoms with Gasteiger partial charge in [0.15, 0.2) is 5.16 Å². The van der Waals surface area contributed by atoms with Gasteiger partial charge in [0.05, 0.1) is 21.0 Å². The lowest BCUT2D eigenvalue weighted by Crippen LogP contribution is -2.23. The number of hydrogen-bond donors (Lipinski definition) is 2. The number of halogens is 2. The van der Waals surface area contributed by atoms with Gasteiger partial charge in [0.2, 0.25) is 5.91 Å². The largest absolute Gasteiger partial charge is 0.399 e. The van der Waals surface area contributed by atoms with Crippen molar-refractivity contribution >= 4 is 52.2 Å². The fourth-order valence-corrected chi connectivity index (χ4v) is 2.93. The Kier molecular flexibility index (Phi) is 4.97. The zero-order valence-corrected chi connectivity index (χ0v) is 13.6. The van der Waals surface area contributed by atoms with Crippen molar-refractivity contribution in [1.82, 2.24) is 14.8 Å². The molecule has 1 unspecified atom stereocenters. The van der Waals surface area contributed by atoms with Crippen LogP contribution in [0.2, 0.25) is 10.0 Å². The molecule has 0 radical (unpaired) electrons. The molecule has 2 rings (SSSR count). The Morgan fingerprint density at radius 1 is 1.43 bits per heavy atom. The second-order valence-corrected chi connectivity index (χ2v) is 6.40. The van der Waals surface area contributed by atoms with E-state index in [4.69, 9.17) is 28.9 Å². The van der Waals surface area contributed by atoms with E-state index in [1.807, 2.05) is 0 Å². The molecule has 6 nitrogen and oxygen atoms in total. The van der Waals surface area contributed by atoms with Gasteiger partial charge >= 0.3 is 0 Å². The van der Waals surface area contributed by atoms with Crippen molar-refractivity contribution < 1.29 is 4.79 Å². The van der Waals surface area contributed by atoms with Gasteiger partial charge in [-0.2, -0.15) is 5.10 Å². The second kappa shape index (κ2) is 6.55. The third-order valence-electron chi connectivity index (χ3n) is 2.63. The molecular weight excluding hydrogens is 333 g/mol. The molecule has 1 aromatic heterocycles. The Bertz CT molecular complexity index is 652. The summed E-state index contributed by atoms with van der Waals surface area (Å²) >= 11 is 13.4. The minimum absolute atomic E-state index is 0.239. The van der Waals surface area contributed by atoms with Crippen molar-refractivity contribution in [3.05, 3.63) is 28.5 Å². The number of nitrogens with two attached hydrogens (primary N) is 1. The molecule has 0 saturated carbocycles. The van der Waals surface area contributed by atoms with Crippen molar-refractivity contribution in [2.75, 3.05) is 11.1 Å². The number of nitrogens with zero attached hydrogens (tertiary/aromatic N) is 3. The Labute approximate surface area is 136 Å². The number of thioether (sulfide) groups is 1. The minimum Gasteiger partial charge on any atom is -0.399 e. The predicted octanol–water partition coefficient (Wildman–Crippen LogP) is 2.82. The average Bonchev–Trinajstić information content (AvgIpc) is 2.79. The van der Waals surface area contributed by atoms with Gasteiger partial charge in [-0.25, -0.2) is 9.67 Å². The first-order chi connectivity index (χ1) is 9.88. The van der Waals surface area contributed by atoms with Crippen molar-refractivity contribution in [3.8, 4) is 0 Å². The Balaban J connectivity index is 2.09. The summed E-state index contributed by atoms with van der Waals surface area (Å²) in [4.78, 5) is 16.3. The number of carbonyl (C=O) groups is 1. The SMILES string of the molecule is CC(Sc1ncnn1C)C(=O)Nc1c(Cl)cc(N)cc1Cl. The third-order valence-corrected chi connectivity index (χ3v) is 4.38. The minimum atomic E-state index is -0.391. The van der Waals surface area contributed by atoms with E-state index < -0.39 is 5.25 Å². The zero-order valence-electron chi connectivity index (χ0n) is 11.3. The Hall–Kier alpha value is -1.44. The van der Waals surface area contributed by atoms with Gasteiger partial charge in [0, 0.05) is 12.7 Å². The fourth-order valence-electron chi connectivity index (χ4n) is 1.54. The molecule has 0 saturated heterocycles. The number of anilines is 2. The first kappa shape index (κ1) is 15.9. The molecule has 0 fully saturated rings. The highest BCUT2D eigenvalue weighted by Gasteiger charge is 2.19. The van der Waals surface area contributed by atoms with Gasteiger partial charge in [0.1, 0.15) is 6.33 Å². The number of nitrogens with one attached hydrogen (secondary N) is 1. The number of aryl methyl sites for hydroxylation is 1. The summed E-state index contributed by atoms with van der Waals surface area (Å²) in [5, 5.41) is 7.49. The van der Waals surface area contributed by atoms with E-state index in [9.17, 15) is 4.79 Å². The van der Waals surface area contributed by atoms with Gasteiger partial charge in [-0.15, -0.1) is 0 Å². The summed E-state index contributed by atoms with van der Waals surface area (Å²) in [5.41, 5.74) is 6.41. The maximum absolute atomic E-state index is 12.2. The predicted molar refractivity (Wildman–Crippen MR) is 85.8 cm³/mol. The molecule has 9 heteroatoms. The highest BCUT2D eigenvalue weighted by atomic mass is 35.5. The molecule has 0 aliphatic carbocycles. The van der Waals surface area contributed by atoms with Crippen LogP contribution in [0.5, 0.6) is 0 Å². The van der Waals surface area contributed by atoms with E-state index in [2.05, 4.69) is 15.4 Å². The van der Waals surface area contributed by atoms with E-state index >= 15 is 0 Å². The smallest absolute Gasteiger partial charge is 0.237 e. The fraction of sp³-hybridized carbons (Fsp3) is 0.250. The third kappa shape index (κ3) is 3.81. The Morgan fingerprint density at radius 3 is 2.57 bits per heavy atom. The lowest BCUT2D eigenvalue weighted by Gasteiger charge is -2.14. The van der Waals surface area contributed by atoms with Crippen LogP contribution in [-0.4, -0.2) is 25.9 Å². The molecule has 1 amide bonds.